The minimum atomic E-state index is -1.25. The van der Waals surface area contributed by atoms with Gasteiger partial charge in [-0.2, -0.15) is 5.26 Å². The topological polar surface area (TPSA) is 110 Å². The highest BCUT2D eigenvalue weighted by molar-refractivity contribution is 6.00. The average Bonchev–Trinajstić information content (AvgIpc) is 2.96. The van der Waals surface area contributed by atoms with E-state index in [0.717, 1.165) is 11.1 Å². The number of benzene rings is 2. The van der Waals surface area contributed by atoms with Crippen LogP contribution in [-0.4, -0.2) is 40.2 Å². The fourth-order valence-electron chi connectivity index (χ4n) is 3.15. The van der Waals surface area contributed by atoms with Gasteiger partial charge in [0, 0.05) is 17.5 Å². The summed E-state index contributed by atoms with van der Waals surface area (Å²) in [5, 5.41) is 32.4. The lowest BCUT2D eigenvalue weighted by Gasteiger charge is -2.28. The second-order valence-corrected chi connectivity index (χ2v) is 9.17. The number of rotatable bonds is 11. The van der Waals surface area contributed by atoms with Crippen LogP contribution in [0.25, 0.3) is 0 Å². The molecule has 39 heavy (non-hydrogen) atoms. The number of aliphatic hydroxyl groups excluding tert-OH is 2. The van der Waals surface area contributed by atoms with E-state index in [9.17, 15) is 19.8 Å². The number of aliphatic hydroxyl groups is 2. The molecule has 0 bridgehead atoms. The Hall–Kier alpha value is -3.01. The Morgan fingerprint density at radius 3 is 1.87 bits per heavy atom. The van der Waals surface area contributed by atoms with E-state index >= 15 is 0 Å². The van der Waals surface area contributed by atoms with E-state index in [-0.39, 0.29) is 18.6 Å². The van der Waals surface area contributed by atoms with Gasteiger partial charge in [0.05, 0.1) is 18.2 Å². The largest absolute Gasteiger partial charge is 0.390 e. The lowest BCUT2D eigenvalue weighted by molar-refractivity contribution is -0.00642. The molecule has 0 spiro atoms. The van der Waals surface area contributed by atoms with Crippen molar-refractivity contribution in [2.24, 2.45) is 0 Å². The van der Waals surface area contributed by atoms with Crippen LogP contribution in [0.1, 0.15) is 119 Å². The van der Waals surface area contributed by atoms with E-state index in [2.05, 4.69) is 33.0 Å². The molecule has 0 aliphatic heterocycles. The molecule has 3 atom stereocenters. The number of Topliss-reactive ketones (excluding diaryl/α,β-unsaturated/α-hetero) is 1. The molecule has 2 aromatic rings. The Labute approximate surface area is 237 Å². The van der Waals surface area contributed by atoms with Gasteiger partial charge in [0.25, 0.3) is 5.91 Å². The van der Waals surface area contributed by atoms with Gasteiger partial charge in [-0.3, -0.25) is 9.59 Å². The van der Waals surface area contributed by atoms with Crippen molar-refractivity contribution >= 4 is 11.7 Å². The highest BCUT2D eigenvalue weighted by Crippen LogP contribution is 2.15. The second-order valence-electron chi connectivity index (χ2n) is 9.17. The number of unbranched alkanes of at least 4 members (excludes halogenated alkanes) is 2. The fraction of sp³-hybridized carbons (Fsp3) is 0.545. The number of hydrogen-bond acceptors (Lipinski definition) is 5. The van der Waals surface area contributed by atoms with Crippen LogP contribution in [0.2, 0.25) is 0 Å². The Kier molecular flexibility index (Phi) is 23.5. The fourth-order valence-corrected chi connectivity index (χ4v) is 3.15. The van der Waals surface area contributed by atoms with Crippen LogP contribution in [-0.2, 0) is 6.42 Å². The Morgan fingerprint density at radius 1 is 0.897 bits per heavy atom. The summed E-state index contributed by atoms with van der Waals surface area (Å²) in [6, 6.07) is 15.4. The smallest absolute Gasteiger partial charge is 0.251 e. The van der Waals surface area contributed by atoms with Crippen molar-refractivity contribution in [1.82, 2.24) is 5.32 Å². The van der Waals surface area contributed by atoms with Gasteiger partial charge in [0.15, 0.2) is 5.78 Å². The maximum absolute atomic E-state index is 12.8. The van der Waals surface area contributed by atoms with E-state index in [1.807, 2.05) is 50.2 Å². The first kappa shape index (κ1) is 38.1. The third-order valence-electron chi connectivity index (χ3n) is 5.72. The molecule has 2 aromatic carbocycles. The summed E-state index contributed by atoms with van der Waals surface area (Å²) in [6.45, 7) is 16.0. The molecule has 6 heteroatoms. The van der Waals surface area contributed by atoms with Crippen molar-refractivity contribution in [3.63, 3.8) is 0 Å². The predicted octanol–water partition coefficient (Wildman–Crippen LogP) is 7.20. The third kappa shape index (κ3) is 17.2. The van der Waals surface area contributed by atoms with Gasteiger partial charge in [-0.05, 0) is 56.0 Å². The third-order valence-corrected chi connectivity index (χ3v) is 5.72. The number of nitrogens with one attached hydrogen (secondary N) is 1. The van der Waals surface area contributed by atoms with Gasteiger partial charge in [-0.25, -0.2) is 0 Å². The van der Waals surface area contributed by atoms with Gasteiger partial charge in [-0.1, -0.05) is 97.6 Å². The van der Waals surface area contributed by atoms with Crippen LogP contribution in [0.4, 0.5) is 0 Å². The normalized spacial score (nSPS) is 11.9. The van der Waals surface area contributed by atoms with Gasteiger partial charge < -0.3 is 15.5 Å². The highest BCUT2D eigenvalue weighted by Gasteiger charge is 2.28. The Balaban J connectivity index is 0. The molecule has 3 unspecified atom stereocenters. The maximum atomic E-state index is 12.8. The quantitative estimate of drug-likeness (QED) is 0.261. The number of amides is 1. The average molecular weight is 541 g/mol. The van der Waals surface area contributed by atoms with E-state index < -0.39 is 24.2 Å². The first-order valence-corrected chi connectivity index (χ1v) is 14.3. The molecule has 2 rings (SSSR count). The van der Waals surface area contributed by atoms with Crippen LogP contribution >= 0.6 is 0 Å². The molecule has 0 aliphatic rings. The number of nitrogens with zero attached hydrogens (tertiary/aromatic N) is 1. The van der Waals surface area contributed by atoms with Gasteiger partial charge in [-0.15, -0.1) is 0 Å². The van der Waals surface area contributed by atoms with Crippen molar-refractivity contribution in [2.45, 2.75) is 119 Å². The second kappa shape index (κ2) is 24.1. The van der Waals surface area contributed by atoms with Gasteiger partial charge in [0.2, 0.25) is 0 Å². The molecular formula is C33H52N2O4. The summed E-state index contributed by atoms with van der Waals surface area (Å²) in [4.78, 5) is 24.5. The molecular weight excluding hydrogens is 488 g/mol. The van der Waals surface area contributed by atoms with Crippen molar-refractivity contribution in [2.75, 3.05) is 0 Å². The lowest BCUT2D eigenvalue weighted by Crippen LogP contribution is -2.49. The molecule has 0 saturated heterocycles. The van der Waals surface area contributed by atoms with Crippen molar-refractivity contribution in [3.8, 4) is 6.07 Å². The Morgan fingerprint density at radius 2 is 1.41 bits per heavy atom. The first-order valence-electron chi connectivity index (χ1n) is 14.3. The van der Waals surface area contributed by atoms with Crippen LogP contribution < -0.4 is 5.32 Å². The zero-order valence-electron chi connectivity index (χ0n) is 25.5. The van der Waals surface area contributed by atoms with Crippen molar-refractivity contribution in [3.05, 3.63) is 70.8 Å². The monoisotopic (exact) mass is 540 g/mol. The molecule has 0 saturated carbocycles. The van der Waals surface area contributed by atoms with Gasteiger partial charge >= 0.3 is 0 Å². The van der Waals surface area contributed by atoms with E-state index in [4.69, 9.17) is 5.26 Å². The van der Waals surface area contributed by atoms with Gasteiger partial charge in [0.1, 0.15) is 6.10 Å². The highest BCUT2D eigenvalue weighted by atomic mass is 16.3. The number of carbonyl (C=O) groups excluding carboxylic acids is 2. The zero-order chi connectivity index (χ0) is 30.2. The number of nitriles is 1. The summed E-state index contributed by atoms with van der Waals surface area (Å²) < 4.78 is 0. The molecule has 218 valence electrons. The molecule has 0 radical (unpaired) electrons. The molecule has 1 amide bonds. The minimum Gasteiger partial charge on any atom is -0.390 e. The lowest BCUT2D eigenvalue weighted by atomic mass is 9.95. The van der Waals surface area contributed by atoms with E-state index in [0.29, 0.717) is 17.5 Å². The summed E-state index contributed by atoms with van der Waals surface area (Å²) >= 11 is 0. The SMILES string of the molecule is CC.CC(=O)c1cc(C)cc(C(=O)NC(Cc2ccccc2)C(O)C(O)CCC#N)c1.CCCC.CCCC. The molecule has 0 aliphatic carbocycles. The number of aryl methyl sites for hydroxylation is 1. The molecule has 0 aromatic heterocycles. The first-order chi connectivity index (χ1) is 18.6. The summed E-state index contributed by atoms with van der Waals surface area (Å²) in [5.41, 5.74) is 2.41. The van der Waals surface area contributed by atoms with Crippen molar-refractivity contribution in [1.29, 1.82) is 5.26 Å². The van der Waals surface area contributed by atoms with Crippen LogP contribution in [0.5, 0.6) is 0 Å². The summed E-state index contributed by atoms with van der Waals surface area (Å²) in [7, 11) is 0. The van der Waals surface area contributed by atoms with E-state index in [1.165, 1.54) is 38.7 Å². The minimum absolute atomic E-state index is 0.101. The Bertz CT molecular complexity index is 946. The molecule has 0 heterocycles. The standard InChI is InChI=1S/C23H26N2O4.2C4H10.C2H6/c1-15-11-18(16(2)26)14-19(12-15)23(29)25-20(13-17-7-4-3-5-8-17)22(28)21(27)9-6-10-24;2*1-3-4-2;1-2/h3-5,7-8,11-12,14,20-22,27-28H,6,9,13H2,1-2H3,(H,25,29);2*3-4H2,1-2H3;1-2H3. The van der Waals surface area contributed by atoms with E-state index in [1.54, 1.807) is 19.1 Å². The van der Waals surface area contributed by atoms with Crippen molar-refractivity contribution < 1.29 is 19.8 Å². The van der Waals surface area contributed by atoms with Crippen LogP contribution in [0, 0.1) is 18.3 Å². The maximum Gasteiger partial charge on any atom is 0.251 e. The van der Waals surface area contributed by atoms with Crippen LogP contribution in [0.15, 0.2) is 48.5 Å². The molecule has 6 nitrogen and oxygen atoms in total. The number of ketones is 1. The molecule has 3 N–H and O–H groups in total. The predicted molar refractivity (Wildman–Crippen MR) is 162 cm³/mol. The number of hydrogen-bond donors (Lipinski definition) is 3. The number of carbonyl (C=O) groups is 2. The zero-order valence-corrected chi connectivity index (χ0v) is 25.5. The van der Waals surface area contributed by atoms with Crippen LogP contribution in [0.3, 0.4) is 0 Å². The summed E-state index contributed by atoms with van der Waals surface area (Å²) in [5.74, 6) is -0.584. The summed E-state index contributed by atoms with van der Waals surface area (Å²) in [6.07, 6.45) is 3.41. The molecule has 0 fully saturated rings.